The lowest BCUT2D eigenvalue weighted by Crippen LogP contribution is -2.39. The molecule has 1 atom stereocenters. The van der Waals surface area contributed by atoms with E-state index in [1.165, 1.54) is 0 Å². The first-order valence-electron chi connectivity index (χ1n) is 4.64. The van der Waals surface area contributed by atoms with Crippen molar-refractivity contribution < 1.29 is 4.79 Å². The van der Waals surface area contributed by atoms with E-state index in [2.05, 4.69) is 19.2 Å². The highest BCUT2D eigenvalue weighted by Crippen LogP contribution is 2.20. The minimum atomic E-state index is -0.257. The molecule has 1 amide bonds. The van der Waals surface area contributed by atoms with Crippen molar-refractivity contribution in [3.63, 3.8) is 0 Å². The number of carbonyl (C=O) groups excluding carboxylic acids is 1. The smallest absolute Gasteiger partial charge is 0.231 e. The Morgan fingerprint density at radius 2 is 2.31 bits per heavy atom. The molecule has 4 heteroatoms. The summed E-state index contributed by atoms with van der Waals surface area (Å²) in [6.07, 6.45) is 1.07. The van der Waals surface area contributed by atoms with Crippen LogP contribution in [0.4, 0.5) is 0 Å². The van der Waals surface area contributed by atoms with E-state index in [-0.39, 0.29) is 11.4 Å². The molecule has 0 aliphatic carbocycles. The summed E-state index contributed by atoms with van der Waals surface area (Å²) in [5, 5.41) is 3.41. The first kappa shape index (κ1) is 10.5. The van der Waals surface area contributed by atoms with Gasteiger partial charge in [0.1, 0.15) is 0 Å². The van der Waals surface area contributed by atoms with Gasteiger partial charge < -0.3 is 11.1 Å². The quantitative estimate of drug-likeness (QED) is 0.626. The summed E-state index contributed by atoms with van der Waals surface area (Å²) in [4.78, 5) is 12.7. The van der Waals surface area contributed by atoms with Crippen LogP contribution in [-0.2, 0) is 4.79 Å². The maximum Gasteiger partial charge on any atom is 0.231 e. The molecule has 76 valence electrons. The van der Waals surface area contributed by atoms with Crippen molar-refractivity contribution >= 4 is 5.91 Å². The Balaban J connectivity index is 2.42. The second kappa shape index (κ2) is 3.64. The third kappa shape index (κ3) is 2.97. The fourth-order valence-corrected chi connectivity index (χ4v) is 1.81. The van der Waals surface area contributed by atoms with Gasteiger partial charge in [0.25, 0.3) is 0 Å². The Bertz CT molecular complexity index is 203. The number of nitrogens with zero attached hydrogens (tertiary/aromatic N) is 1. The molecule has 0 bridgehead atoms. The number of amides is 1. The van der Waals surface area contributed by atoms with Crippen molar-refractivity contribution in [1.82, 2.24) is 10.2 Å². The van der Waals surface area contributed by atoms with Gasteiger partial charge in [0.2, 0.25) is 5.91 Å². The Hall–Kier alpha value is -0.610. The normalized spacial score (nSPS) is 26.6. The second-order valence-corrected chi connectivity index (χ2v) is 4.50. The minimum Gasteiger partial charge on any atom is -0.369 e. The zero-order chi connectivity index (χ0) is 10.1. The number of hydrogen-bond acceptors (Lipinski definition) is 3. The number of primary amides is 1. The van der Waals surface area contributed by atoms with E-state index in [1.54, 1.807) is 0 Å². The van der Waals surface area contributed by atoms with Gasteiger partial charge in [-0.1, -0.05) is 0 Å². The first-order valence-corrected chi connectivity index (χ1v) is 4.64. The standard InChI is InChI=1S/C9H19N3O/c1-9(2)4-7(5-11-9)12(3)6-8(10)13/h7,11H,4-6H2,1-3H3,(H2,10,13). The zero-order valence-electron chi connectivity index (χ0n) is 8.63. The summed E-state index contributed by atoms with van der Waals surface area (Å²) in [5.41, 5.74) is 5.32. The SMILES string of the molecule is CN(CC(N)=O)C1CNC(C)(C)C1. The van der Waals surface area contributed by atoms with Gasteiger partial charge in [-0.25, -0.2) is 0 Å². The Kier molecular flexibility index (Phi) is 2.93. The van der Waals surface area contributed by atoms with Gasteiger partial charge in [-0.15, -0.1) is 0 Å². The molecular weight excluding hydrogens is 166 g/mol. The lowest BCUT2D eigenvalue weighted by Gasteiger charge is -2.23. The summed E-state index contributed by atoms with van der Waals surface area (Å²) < 4.78 is 0. The number of nitrogens with one attached hydrogen (secondary N) is 1. The van der Waals surface area contributed by atoms with Crippen molar-refractivity contribution in [2.75, 3.05) is 20.1 Å². The van der Waals surface area contributed by atoms with Crippen LogP contribution in [0.1, 0.15) is 20.3 Å². The number of likely N-dealkylation sites (N-methyl/N-ethyl adjacent to an activating group) is 1. The number of hydrogen-bond donors (Lipinski definition) is 2. The van der Waals surface area contributed by atoms with E-state index in [0.29, 0.717) is 12.6 Å². The number of nitrogens with two attached hydrogens (primary N) is 1. The molecule has 1 unspecified atom stereocenters. The predicted octanol–water partition coefficient (Wildman–Crippen LogP) is -0.456. The summed E-state index contributed by atoms with van der Waals surface area (Å²) in [6, 6.07) is 0.433. The van der Waals surface area contributed by atoms with E-state index < -0.39 is 0 Å². The molecule has 1 heterocycles. The molecule has 1 fully saturated rings. The summed E-state index contributed by atoms with van der Waals surface area (Å²) in [5.74, 6) is -0.257. The highest BCUT2D eigenvalue weighted by atomic mass is 16.1. The fraction of sp³-hybridized carbons (Fsp3) is 0.889. The molecule has 0 aromatic heterocycles. The molecule has 4 nitrogen and oxygen atoms in total. The van der Waals surface area contributed by atoms with Crippen molar-refractivity contribution in [2.45, 2.75) is 31.8 Å². The van der Waals surface area contributed by atoms with Gasteiger partial charge in [-0.3, -0.25) is 9.69 Å². The van der Waals surface area contributed by atoms with Crippen molar-refractivity contribution in [2.24, 2.45) is 5.73 Å². The van der Waals surface area contributed by atoms with E-state index in [4.69, 9.17) is 5.73 Å². The highest BCUT2D eigenvalue weighted by Gasteiger charge is 2.32. The first-order chi connectivity index (χ1) is 5.91. The topological polar surface area (TPSA) is 58.4 Å². The molecule has 0 radical (unpaired) electrons. The highest BCUT2D eigenvalue weighted by molar-refractivity contribution is 5.75. The molecule has 3 N–H and O–H groups in total. The molecule has 1 aliphatic rings. The lowest BCUT2D eigenvalue weighted by atomic mass is 10.0. The maximum atomic E-state index is 10.7. The average molecular weight is 185 g/mol. The molecular formula is C9H19N3O. The van der Waals surface area contributed by atoms with Gasteiger partial charge in [0.15, 0.2) is 0 Å². The van der Waals surface area contributed by atoms with Gasteiger partial charge in [0, 0.05) is 18.1 Å². The molecule has 1 saturated heterocycles. The van der Waals surface area contributed by atoms with Crippen LogP contribution < -0.4 is 11.1 Å². The maximum absolute atomic E-state index is 10.7. The van der Waals surface area contributed by atoms with Crippen LogP contribution in [0.15, 0.2) is 0 Å². The Morgan fingerprint density at radius 1 is 1.69 bits per heavy atom. The Labute approximate surface area is 79.5 Å². The van der Waals surface area contributed by atoms with Gasteiger partial charge in [-0.2, -0.15) is 0 Å². The van der Waals surface area contributed by atoms with Crippen LogP contribution in [0.3, 0.4) is 0 Å². The van der Waals surface area contributed by atoms with Crippen molar-refractivity contribution in [3.05, 3.63) is 0 Å². The van der Waals surface area contributed by atoms with Crippen LogP contribution in [0, 0.1) is 0 Å². The lowest BCUT2D eigenvalue weighted by molar-refractivity contribution is -0.119. The van der Waals surface area contributed by atoms with E-state index in [9.17, 15) is 4.79 Å². The third-order valence-corrected chi connectivity index (χ3v) is 2.59. The second-order valence-electron chi connectivity index (χ2n) is 4.50. The molecule has 0 spiro atoms. The van der Waals surface area contributed by atoms with Crippen LogP contribution in [0.25, 0.3) is 0 Å². The third-order valence-electron chi connectivity index (χ3n) is 2.59. The monoisotopic (exact) mass is 185 g/mol. The summed E-state index contributed by atoms with van der Waals surface area (Å²) in [7, 11) is 1.94. The summed E-state index contributed by atoms with van der Waals surface area (Å²) in [6.45, 7) is 5.63. The Morgan fingerprint density at radius 3 is 2.69 bits per heavy atom. The van der Waals surface area contributed by atoms with Gasteiger partial charge in [-0.05, 0) is 27.3 Å². The number of carbonyl (C=O) groups is 1. The fourth-order valence-electron chi connectivity index (χ4n) is 1.81. The van der Waals surface area contributed by atoms with Crippen LogP contribution in [0.2, 0.25) is 0 Å². The molecule has 1 aliphatic heterocycles. The van der Waals surface area contributed by atoms with Crippen molar-refractivity contribution in [3.8, 4) is 0 Å². The molecule has 0 aromatic carbocycles. The van der Waals surface area contributed by atoms with Gasteiger partial charge >= 0.3 is 0 Å². The number of rotatable bonds is 3. The minimum absolute atomic E-state index is 0.191. The van der Waals surface area contributed by atoms with E-state index in [0.717, 1.165) is 13.0 Å². The van der Waals surface area contributed by atoms with Crippen LogP contribution in [-0.4, -0.2) is 42.5 Å². The molecule has 13 heavy (non-hydrogen) atoms. The molecule has 0 aromatic rings. The van der Waals surface area contributed by atoms with E-state index in [1.807, 2.05) is 11.9 Å². The predicted molar refractivity (Wildman–Crippen MR) is 52.3 cm³/mol. The molecule has 0 saturated carbocycles. The summed E-state index contributed by atoms with van der Waals surface area (Å²) >= 11 is 0. The van der Waals surface area contributed by atoms with Gasteiger partial charge in [0.05, 0.1) is 6.54 Å². The van der Waals surface area contributed by atoms with Crippen LogP contribution >= 0.6 is 0 Å². The van der Waals surface area contributed by atoms with Crippen LogP contribution in [0.5, 0.6) is 0 Å². The van der Waals surface area contributed by atoms with E-state index >= 15 is 0 Å². The van der Waals surface area contributed by atoms with Crippen molar-refractivity contribution in [1.29, 1.82) is 0 Å². The zero-order valence-corrected chi connectivity index (χ0v) is 8.63. The molecule has 1 rings (SSSR count). The largest absolute Gasteiger partial charge is 0.369 e. The average Bonchev–Trinajstić information content (AvgIpc) is 2.28.